The SMILES string of the molecule is CN(CC1CCCCO1)C(=O)CC(N)c1ccccc1. The third-order valence-corrected chi connectivity index (χ3v) is 3.80. The molecule has 1 fully saturated rings. The minimum Gasteiger partial charge on any atom is -0.376 e. The number of nitrogens with two attached hydrogens (primary N) is 1. The van der Waals surface area contributed by atoms with Gasteiger partial charge in [0.05, 0.1) is 6.10 Å². The van der Waals surface area contributed by atoms with E-state index in [1.54, 1.807) is 4.90 Å². The largest absolute Gasteiger partial charge is 0.376 e. The average molecular weight is 276 g/mol. The minimum atomic E-state index is -0.238. The number of hydrogen-bond donors (Lipinski definition) is 1. The molecule has 2 rings (SSSR count). The molecule has 1 aromatic carbocycles. The molecule has 1 amide bonds. The zero-order chi connectivity index (χ0) is 14.4. The van der Waals surface area contributed by atoms with E-state index in [4.69, 9.17) is 10.5 Å². The lowest BCUT2D eigenvalue weighted by atomic mass is 10.0. The second-order valence-electron chi connectivity index (χ2n) is 5.48. The molecular weight excluding hydrogens is 252 g/mol. The fourth-order valence-corrected chi connectivity index (χ4v) is 2.52. The van der Waals surface area contributed by atoms with Crippen molar-refractivity contribution in [1.82, 2.24) is 4.90 Å². The molecular formula is C16H24N2O2. The highest BCUT2D eigenvalue weighted by Gasteiger charge is 2.20. The van der Waals surface area contributed by atoms with Gasteiger partial charge in [-0.3, -0.25) is 4.79 Å². The van der Waals surface area contributed by atoms with Crippen LogP contribution >= 0.6 is 0 Å². The molecule has 1 heterocycles. The summed E-state index contributed by atoms with van der Waals surface area (Å²) in [7, 11) is 1.83. The first-order chi connectivity index (χ1) is 9.66. The normalized spacial score (nSPS) is 20.4. The summed E-state index contributed by atoms with van der Waals surface area (Å²) in [5.74, 6) is 0.0792. The van der Waals surface area contributed by atoms with E-state index in [0.29, 0.717) is 13.0 Å². The number of amides is 1. The molecule has 1 saturated heterocycles. The van der Waals surface area contributed by atoms with E-state index >= 15 is 0 Å². The molecule has 2 unspecified atom stereocenters. The summed E-state index contributed by atoms with van der Waals surface area (Å²) in [6, 6.07) is 9.52. The lowest BCUT2D eigenvalue weighted by molar-refractivity contribution is -0.132. The van der Waals surface area contributed by atoms with E-state index in [2.05, 4.69) is 0 Å². The van der Waals surface area contributed by atoms with Crippen LogP contribution in [0.25, 0.3) is 0 Å². The molecule has 0 bridgehead atoms. The van der Waals surface area contributed by atoms with Crippen molar-refractivity contribution in [3.05, 3.63) is 35.9 Å². The van der Waals surface area contributed by atoms with Gasteiger partial charge in [0, 0.05) is 32.7 Å². The molecule has 4 heteroatoms. The smallest absolute Gasteiger partial charge is 0.224 e. The summed E-state index contributed by atoms with van der Waals surface area (Å²) in [6.07, 6.45) is 3.89. The number of nitrogens with zero attached hydrogens (tertiary/aromatic N) is 1. The zero-order valence-corrected chi connectivity index (χ0v) is 12.1. The molecule has 0 radical (unpaired) electrons. The van der Waals surface area contributed by atoms with Crippen LogP contribution in [0.1, 0.15) is 37.3 Å². The summed E-state index contributed by atoms with van der Waals surface area (Å²) in [5, 5.41) is 0. The lowest BCUT2D eigenvalue weighted by Crippen LogP contribution is -2.38. The predicted octanol–water partition coefficient (Wildman–Crippen LogP) is 2.10. The highest BCUT2D eigenvalue weighted by molar-refractivity contribution is 5.76. The standard InChI is InChI=1S/C16H24N2O2/c1-18(12-14-9-5-6-10-20-14)16(19)11-15(17)13-7-3-2-4-8-13/h2-4,7-8,14-15H,5-6,9-12,17H2,1H3. The molecule has 4 nitrogen and oxygen atoms in total. The lowest BCUT2D eigenvalue weighted by Gasteiger charge is -2.28. The van der Waals surface area contributed by atoms with E-state index in [9.17, 15) is 4.79 Å². The Hall–Kier alpha value is -1.39. The first kappa shape index (κ1) is 15.0. The fourth-order valence-electron chi connectivity index (χ4n) is 2.52. The number of ether oxygens (including phenoxy) is 1. The number of likely N-dealkylation sites (N-methyl/N-ethyl adjacent to an activating group) is 1. The van der Waals surface area contributed by atoms with Crippen molar-refractivity contribution in [1.29, 1.82) is 0 Å². The van der Waals surface area contributed by atoms with Crippen molar-refractivity contribution in [2.75, 3.05) is 20.2 Å². The maximum absolute atomic E-state index is 12.2. The number of carbonyl (C=O) groups is 1. The molecule has 0 aromatic heterocycles. The van der Waals surface area contributed by atoms with Gasteiger partial charge in [0.15, 0.2) is 0 Å². The Balaban J connectivity index is 1.81. The second kappa shape index (κ2) is 7.41. The van der Waals surface area contributed by atoms with Crippen molar-refractivity contribution in [2.45, 2.75) is 37.8 Å². The highest BCUT2D eigenvalue weighted by Crippen LogP contribution is 2.16. The van der Waals surface area contributed by atoms with Gasteiger partial charge < -0.3 is 15.4 Å². The maximum atomic E-state index is 12.2. The molecule has 110 valence electrons. The molecule has 20 heavy (non-hydrogen) atoms. The number of carbonyl (C=O) groups excluding carboxylic acids is 1. The Morgan fingerprint density at radius 2 is 2.15 bits per heavy atom. The summed E-state index contributed by atoms with van der Waals surface area (Å²) in [5.41, 5.74) is 7.09. The van der Waals surface area contributed by atoms with Crippen LogP contribution in [0.2, 0.25) is 0 Å². The van der Waals surface area contributed by atoms with Crippen LogP contribution in [0.15, 0.2) is 30.3 Å². The first-order valence-electron chi connectivity index (χ1n) is 7.33. The monoisotopic (exact) mass is 276 g/mol. The van der Waals surface area contributed by atoms with Gasteiger partial charge in [-0.15, -0.1) is 0 Å². The predicted molar refractivity (Wildman–Crippen MR) is 79.2 cm³/mol. The van der Waals surface area contributed by atoms with Crippen LogP contribution in [0, 0.1) is 0 Å². The highest BCUT2D eigenvalue weighted by atomic mass is 16.5. The number of rotatable bonds is 5. The van der Waals surface area contributed by atoms with E-state index in [-0.39, 0.29) is 18.1 Å². The number of benzene rings is 1. The van der Waals surface area contributed by atoms with Crippen molar-refractivity contribution < 1.29 is 9.53 Å². The molecule has 0 aliphatic carbocycles. The minimum absolute atomic E-state index is 0.0792. The third kappa shape index (κ3) is 4.32. The summed E-state index contributed by atoms with van der Waals surface area (Å²) in [4.78, 5) is 13.9. The van der Waals surface area contributed by atoms with Crippen molar-refractivity contribution in [2.24, 2.45) is 5.73 Å². The molecule has 1 aliphatic heterocycles. The summed E-state index contributed by atoms with van der Waals surface area (Å²) >= 11 is 0. The van der Waals surface area contributed by atoms with Gasteiger partial charge in [0.1, 0.15) is 0 Å². The topological polar surface area (TPSA) is 55.6 Å². The average Bonchev–Trinajstić information content (AvgIpc) is 2.49. The molecule has 2 N–H and O–H groups in total. The molecule has 1 aromatic rings. The van der Waals surface area contributed by atoms with Gasteiger partial charge >= 0.3 is 0 Å². The Morgan fingerprint density at radius 3 is 2.80 bits per heavy atom. The second-order valence-corrected chi connectivity index (χ2v) is 5.48. The van der Waals surface area contributed by atoms with Gasteiger partial charge in [0.25, 0.3) is 0 Å². The van der Waals surface area contributed by atoms with Crippen LogP contribution in [-0.2, 0) is 9.53 Å². The maximum Gasteiger partial charge on any atom is 0.224 e. The van der Waals surface area contributed by atoms with Gasteiger partial charge in [-0.25, -0.2) is 0 Å². The zero-order valence-electron chi connectivity index (χ0n) is 12.1. The summed E-state index contributed by atoms with van der Waals surface area (Å²) in [6.45, 7) is 1.48. The number of hydrogen-bond acceptors (Lipinski definition) is 3. The Bertz CT molecular complexity index is 416. The van der Waals surface area contributed by atoms with Crippen LogP contribution in [0.4, 0.5) is 0 Å². The Kier molecular flexibility index (Phi) is 5.56. The molecule has 0 spiro atoms. The Morgan fingerprint density at radius 1 is 1.40 bits per heavy atom. The van der Waals surface area contributed by atoms with Crippen LogP contribution < -0.4 is 5.73 Å². The van der Waals surface area contributed by atoms with E-state index in [1.807, 2.05) is 37.4 Å². The quantitative estimate of drug-likeness (QED) is 0.896. The van der Waals surface area contributed by atoms with Gasteiger partial charge in [-0.2, -0.15) is 0 Å². The van der Waals surface area contributed by atoms with E-state index in [0.717, 1.165) is 25.0 Å². The first-order valence-corrected chi connectivity index (χ1v) is 7.33. The van der Waals surface area contributed by atoms with Crippen molar-refractivity contribution in [3.8, 4) is 0 Å². The van der Waals surface area contributed by atoms with Gasteiger partial charge in [0.2, 0.25) is 5.91 Å². The van der Waals surface area contributed by atoms with Crippen LogP contribution in [0.3, 0.4) is 0 Å². The van der Waals surface area contributed by atoms with E-state index in [1.165, 1.54) is 6.42 Å². The van der Waals surface area contributed by atoms with Crippen molar-refractivity contribution >= 4 is 5.91 Å². The fraction of sp³-hybridized carbons (Fsp3) is 0.562. The van der Waals surface area contributed by atoms with Crippen LogP contribution in [0.5, 0.6) is 0 Å². The molecule has 0 saturated carbocycles. The molecule has 2 atom stereocenters. The third-order valence-electron chi connectivity index (χ3n) is 3.80. The van der Waals surface area contributed by atoms with E-state index < -0.39 is 0 Å². The van der Waals surface area contributed by atoms with Gasteiger partial charge in [-0.05, 0) is 24.8 Å². The summed E-state index contributed by atoms with van der Waals surface area (Å²) < 4.78 is 5.66. The van der Waals surface area contributed by atoms with Crippen LogP contribution in [-0.4, -0.2) is 37.1 Å². The van der Waals surface area contributed by atoms with Gasteiger partial charge in [-0.1, -0.05) is 30.3 Å². The Labute approximate surface area is 120 Å². The van der Waals surface area contributed by atoms with Crippen molar-refractivity contribution in [3.63, 3.8) is 0 Å². The molecule has 1 aliphatic rings.